The summed E-state index contributed by atoms with van der Waals surface area (Å²) in [6.07, 6.45) is 1.66. The molecule has 7 heteroatoms. The topological polar surface area (TPSA) is 90.1 Å². The highest BCUT2D eigenvalue weighted by Gasteiger charge is 2.20. The third-order valence-corrected chi connectivity index (χ3v) is 5.40. The van der Waals surface area contributed by atoms with Crippen molar-refractivity contribution in [2.24, 2.45) is 0 Å². The minimum Gasteiger partial charge on any atom is -0.348 e. The molecule has 1 unspecified atom stereocenters. The fourth-order valence-electron chi connectivity index (χ4n) is 3.60. The number of nitrogens with zero attached hydrogens (tertiary/aromatic N) is 3. The zero-order chi connectivity index (χ0) is 23.2. The summed E-state index contributed by atoms with van der Waals surface area (Å²) >= 11 is 0. The van der Waals surface area contributed by atoms with Crippen molar-refractivity contribution in [1.82, 2.24) is 15.1 Å². The fourth-order valence-corrected chi connectivity index (χ4v) is 3.60. The van der Waals surface area contributed by atoms with E-state index in [0.29, 0.717) is 17.1 Å². The quantitative estimate of drug-likeness (QED) is 0.301. The summed E-state index contributed by atoms with van der Waals surface area (Å²) in [5, 5.41) is 18.7. The van der Waals surface area contributed by atoms with Crippen LogP contribution >= 0.6 is 0 Å². The van der Waals surface area contributed by atoms with Crippen molar-refractivity contribution >= 4 is 11.6 Å². The molecule has 3 aromatic carbocycles. The Bertz CT molecular complexity index is 1240. The predicted octanol–water partition coefficient (Wildman–Crippen LogP) is 5.20. The molecule has 0 fully saturated rings. The van der Waals surface area contributed by atoms with Crippen molar-refractivity contribution in [2.45, 2.75) is 25.8 Å². The Labute approximate surface area is 191 Å². The summed E-state index contributed by atoms with van der Waals surface area (Å²) in [7, 11) is 0. The van der Waals surface area contributed by atoms with Crippen molar-refractivity contribution in [3.63, 3.8) is 0 Å². The molecule has 1 heterocycles. The van der Waals surface area contributed by atoms with Gasteiger partial charge >= 0.3 is 0 Å². The lowest BCUT2D eigenvalue weighted by Gasteiger charge is -2.14. The molecule has 0 saturated heterocycles. The van der Waals surface area contributed by atoms with Crippen LogP contribution in [-0.2, 0) is 6.42 Å². The van der Waals surface area contributed by atoms with Gasteiger partial charge in [-0.05, 0) is 43.5 Å². The smallest absolute Gasteiger partial charge is 0.270 e. The van der Waals surface area contributed by atoms with Crippen LogP contribution in [0.15, 0.2) is 91.0 Å². The SMILES string of the molecule is CC(CCc1ccccc1)NC(=O)c1cc(-c2ccccc2)nn1-c1ccc([N+](=O)[O-])cc1. The number of carbonyl (C=O) groups is 1. The number of aromatic nitrogens is 2. The van der Waals surface area contributed by atoms with Crippen LogP contribution in [-0.4, -0.2) is 26.7 Å². The zero-order valence-corrected chi connectivity index (χ0v) is 18.2. The van der Waals surface area contributed by atoms with Crippen LogP contribution in [0.1, 0.15) is 29.4 Å². The molecule has 0 bridgehead atoms. The fraction of sp³-hybridized carbons (Fsp3) is 0.154. The molecule has 0 aliphatic carbocycles. The summed E-state index contributed by atoms with van der Waals surface area (Å²) in [6.45, 7) is 1.98. The van der Waals surface area contributed by atoms with Crippen LogP contribution in [0.3, 0.4) is 0 Å². The second kappa shape index (κ2) is 9.91. The number of aryl methyl sites for hydroxylation is 1. The van der Waals surface area contributed by atoms with E-state index in [0.717, 1.165) is 18.4 Å². The zero-order valence-electron chi connectivity index (χ0n) is 18.2. The van der Waals surface area contributed by atoms with Gasteiger partial charge in [0.15, 0.2) is 0 Å². The number of benzene rings is 3. The lowest BCUT2D eigenvalue weighted by atomic mass is 10.1. The Hall–Kier alpha value is -4.26. The van der Waals surface area contributed by atoms with E-state index in [1.54, 1.807) is 18.2 Å². The molecule has 4 aromatic rings. The number of hydrogen-bond acceptors (Lipinski definition) is 4. The second-order valence-corrected chi connectivity index (χ2v) is 7.86. The number of hydrogen-bond donors (Lipinski definition) is 1. The van der Waals surface area contributed by atoms with E-state index in [1.165, 1.54) is 22.4 Å². The van der Waals surface area contributed by atoms with Gasteiger partial charge in [0.25, 0.3) is 11.6 Å². The first-order valence-corrected chi connectivity index (χ1v) is 10.8. The molecule has 1 aromatic heterocycles. The minimum atomic E-state index is -0.454. The van der Waals surface area contributed by atoms with Gasteiger partial charge in [-0.3, -0.25) is 14.9 Å². The van der Waals surface area contributed by atoms with Gasteiger partial charge in [-0.25, -0.2) is 4.68 Å². The van der Waals surface area contributed by atoms with E-state index >= 15 is 0 Å². The van der Waals surface area contributed by atoms with Gasteiger partial charge < -0.3 is 5.32 Å². The molecule has 0 aliphatic heterocycles. The third-order valence-electron chi connectivity index (χ3n) is 5.40. The molecule has 0 radical (unpaired) electrons. The third kappa shape index (κ3) is 5.33. The monoisotopic (exact) mass is 440 g/mol. The van der Waals surface area contributed by atoms with E-state index in [9.17, 15) is 14.9 Å². The van der Waals surface area contributed by atoms with E-state index < -0.39 is 4.92 Å². The molecule has 1 N–H and O–H groups in total. The summed E-state index contributed by atoms with van der Waals surface area (Å²) in [5.74, 6) is -0.247. The first-order valence-electron chi connectivity index (χ1n) is 10.8. The summed E-state index contributed by atoms with van der Waals surface area (Å²) in [5.41, 5.74) is 3.68. The molecule has 1 atom stereocenters. The van der Waals surface area contributed by atoms with Crippen molar-refractivity contribution in [3.05, 3.63) is 112 Å². The van der Waals surface area contributed by atoms with Gasteiger partial charge in [0.05, 0.1) is 16.3 Å². The summed E-state index contributed by atoms with van der Waals surface area (Å²) in [4.78, 5) is 23.8. The average molecular weight is 441 g/mol. The van der Waals surface area contributed by atoms with Gasteiger partial charge in [0, 0.05) is 23.7 Å². The minimum absolute atomic E-state index is 0.0188. The number of non-ortho nitro benzene ring substituents is 1. The van der Waals surface area contributed by atoms with Crippen LogP contribution in [0.25, 0.3) is 16.9 Å². The van der Waals surface area contributed by atoms with Gasteiger partial charge in [-0.15, -0.1) is 0 Å². The van der Waals surface area contributed by atoms with Gasteiger partial charge in [-0.2, -0.15) is 5.10 Å². The molecule has 166 valence electrons. The van der Waals surface area contributed by atoms with E-state index in [-0.39, 0.29) is 17.6 Å². The lowest BCUT2D eigenvalue weighted by Crippen LogP contribution is -2.34. The summed E-state index contributed by atoms with van der Waals surface area (Å²) in [6, 6.07) is 27.4. The van der Waals surface area contributed by atoms with Gasteiger partial charge in [-0.1, -0.05) is 60.7 Å². The maximum absolute atomic E-state index is 13.2. The standard InChI is InChI=1S/C26H24N4O3/c1-19(12-13-20-8-4-2-5-9-20)27-26(31)25-18-24(21-10-6-3-7-11-21)28-29(25)22-14-16-23(17-15-22)30(32)33/h2-11,14-19H,12-13H2,1H3,(H,27,31). The van der Waals surface area contributed by atoms with Crippen LogP contribution in [0.5, 0.6) is 0 Å². The Kier molecular flexibility index (Phi) is 6.59. The Morgan fingerprint density at radius 2 is 1.64 bits per heavy atom. The molecule has 0 spiro atoms. The van der Waals surface area contributed by atoms with E-state index in [4.69, 9.17) is 0 Å². The van der Waals surface area contributed by atoms with Crippen LogP contribution in [0.4, 0.5) is 5.69 Å². The maximum Gasteiger partial charge on any atom is 0.270 e. The lowest BCUT2D eigenvalue weighted by molar-refractivity contribution is -0.384. The Morgan fingerprint density at radius 3 is 2.27 bits per heavy atom. The highest BCUT2D eigenvalue weighted by molar-refractivity contribution is 5.94. The largest absolute Gasteiger partial charge is 0.348 e. The molecule has 7 nitrogen and oxygen atoms in total. The molecule has 0 aliphatic rings. The van der Waals surface area contributed by atoms with Crippen LogP contribution in [0.2, 0.25) is 0 Å². The van der Waals surface area contributed by atoms with E-state index in [1.807, 2.05) is 55.5 Å². The number of nitro benzene ring substituents is 1. The molecule has 0 saturated carbocycles. The molecular weight excluding hydrogens is 416 g/mol. The maximum atomic E-state index is 13.2. The first kappa shape index (κ1) is 22.0. The number of carbonyl (C=O) groups excluding carboxylic acids is 1. The summed E-state index contributed by atoms with van der Waals surface area (Å²) < 4.78 is 1.53. The number of rotatable bonds is 8. The highest BCUT2D eigenvalue weighted by Crippen LogP contribution is 2.23. The van der Waals surface area contributed by atoms with Crippen molar-refractivity contribution in [2.75, 3.05) is 0 Å². The predicted molar refractivity (Wildman–Crippen MR) is 127 cm³/mol. The molecule has 33 heavy (non-hydrogen) atoms. The average Bonchev–Trinajstić information content (AvgIpc) is 3.30. The van der Waals surface area contributed by atoms with Crippen molar-refractivity contribution in [1.29, 1.82) is 0 Å². The molecule has 4 rings (SSSR count). The first-order chi connectivity index (χ1) is 16.0. The van der Waals surface area contributed by atoms with Gasteiger partial charge in [0.2, 0.25) is 0 Å². The van der Waals surface area contributed by atoms with Gasteiger partial charge in [0.1, 0.15) is 5.69 Å². The molecular formula is C26H24N4O3. The Balaban J connectivity index is 1.59. The normalized spacial score (nSPS) is 11.7. The second-order valence-electron chi connectivity index (χ2n) is 7.86. The number of nitrogens with one attached hydrogen (secondary N) is 1. The highest BCUT2D eigenvalue weighted by atomic mass is 16.6. The molecule has 1 amide bonds. The number of nitro groups is 1. The Morgan fingerprint density at radius 1 is 1.00 bits per heavy atom. The van der Waals surface area contributed by atoms with E-state index in [2.05, 4.69) is 22.5 Å². The van der Waals surface area contributed by atoms with Crippen molar-refractivity contribution < 1.29 is 9.72 Å². The van der Waals surface area contributed by atoms with Crippen molar-refractivity contribution in [3.8, 4) is 16.9 Å². The number of amides is 1. The van der Waals surface area contributed by atoms with Crippen LogP contribution in [0, 0.1) is 10.1 Å². The van der Waals surface area contributed by atoms with Crippen LogP contribution < -0.4 is 5.32 Å².